The topological polar surface area (TPSA) is 46.5 Å². The fraction of sp³-hybridized carbons (Fsp3) is 0.667. The normalized spacial score (nSPS) is 9.71. The first-order valence-electron chi connectivity index (χ1n) is 4.35. The van der Waals surface area contributed by atoms with Crippen LogP contribution in [-0.4, -0.2) is 24.3 Å². The maximum Gasteiger partial charge on any atom is 0.305 e. The van der Waals surface area contributed by atoms with Crippen molar-refractivity contribution >= 4 is 5.97 Å². The van der Waals surface area contributed by atoms with Crippen molar-refractivity contribution in [2.24, 2.45) is 0 Å². The van der Waals surface area contributed by atoms with Crippen LogP contribution in [-0.2, 0) is 9.53 Å². The van der Waals surface area contributed by atoms with Gasteiger partial charge in [-0.1, -0.05) is 0 Å². The largest absolute Gasteiger partial charge is 0.463 e. The average Bonchev–Trinajstić information content (AvgIpc) is 2.14. The summed E-state index contributed by atoms with van der Waals surface area (Å²) >= 11 is 0. The van der Waals surface area contributed by atoms with E-state index in [9.17, 15) is 13.6 Å². The minimum absolute atomic E-state index is 0.0000387. The number of rotatable bonds is 6. The second-order valence-electron chi connectivity index (χ2n) is 2.84. The predicted molar refractivity (Wildman–Crippen MR) is 46.8 cm³/mol. The van der Waals surface area contributed by atoms with Crippen molar-refractivity contribution in [2.45, 2.75) is 26.2 Å². The standard InChI is InChI=1S/C9H14F2O3/c1-7(9(10)11)3-2-4-8(13)14-6-5-12/h12H,2-6H2,1H3. The summed E-state index contributed by atoms with van der Waals surface area (Å²) in [6.45, 7) is 1.07. The summed E-state index contributed by atoms with van der Waals surface area (Å²) in [6.07, 6.45) is -1.05. The van der Waals surface area contributed by atoms with E-state index in [0.29, 0.717) is 6.42 Å². The summed E-state index contributed by atoms with van der Waals surface area (Å²) in [6, 6.07) is 0. The quantitative estimate of drug-likeness (QED) is 0.678. The third-order valence-electron chi connectivity index (χ3n) is 1.61. The summed E-state index contributed by atoms with van der Waals surface area (Å²) < 4.78 is 28.3. The molecule has 0 amide bonds. The van der Waals surface area contributed by atoms with Gasteiger partial charge in [-0.05, 0) is 25.3 Å². The van der Waals surface area contributed by atoms with Crippen LogP contribution in [0.4, 0.5) is 8.78 Å². The highest BCUT2D eigenvalue weighted by Crippen LogP contribution is 2.13. The van der Waals surface area contributed by atoms with E-state index in [2.05, 4.69) is 4.74 Å². The van der Waals surface area contributed by atoms with E-state index < -0.39 is 12.0 Å². The van der Waals surface area contributed by atoms with Crippen LogP contribution in [0.15, 0.2) is 11.7 Å². The molecule has 1 N–H and O–H groups in total. The van der Waals surface area contributed by atoms with Crippen molar-refractivity contribution in [3.8, 4) is 0 Å². The van der Waals surface area contributed by atoms with Gasteiger partial charge in [0.25, 0.3) is 6.08 Å². The van der Waals surface area contributed by atoms with Gasteiger partial charge < -0.3 is 9.84 Å². The molecule has 0 aromatic rings. The molecule has 0 saturated carbocycles. The third-order valence-corrected chi connectivity index (χ3v) is 1.61. The average molecular weight is 208 g/mol. The Morgan fingerprint density at radius 2 is 2.00 bits per heavy atom. The van der Waals surface area contributed by atoms with E-state index in [4.69, 9.17) is 5.11 Å². The van der Waals surface area contributed by atoms with Crippen LogP contribution in [0.2, 0.25) is 0 Å². The zero-order valence-electron chi connectivity index (χ0n) is 8.06. The van der Waals surface area contributed by atoms with Gasteiger partial charge in [-0.15, -0.1) is 0 Å². The van der Waals surface area contributed by atoms with Crippen molar-refractivity contribution in [3.63, 3.8) is 0 Å². The fourth-order valence-corrected chi connectivity index (χ4v) is 0.824. The second-order valence-corrected chi connectivity index (χ2v) is 2.84. The molecule has 0 rings (SSSR count). The lowest BCUT2D eigenvalue weighted by atomic mass is 10.1. The van der Waals surface area contributed by atoms with Gasteiger partial charge in [-0.2, -0.15) is 8.78 Å². The number of halogens is 2. The van der Waals surface area contributed by atoms with Crippen LogP contribution in [0.1, 0.15) is 26.2 Å². The first-order chi connectivity index (χ1) is 6.57. The summed E-state index contributed by atoms with van der Waals surface area (Å²) in [5, 5.41) is 8.32. The lowest BCUT2D eigenvalue weighted by Gasteiger charge is -2.02. The third kappa shape index (κ3) is 6.54. The summed E-state index contributed by atoms with van der Waals surface area (Å²) in [4.78, 5) is 10.8. The number of hydrogen-bond acceptors (Lipinski definition) is 3. The van der Waals surface area contributed by atoms with E-state index in [1.54, 1.807) is 0 Å². The monoisotopic (exact) mass is 208 g/mol. The number of ether oxygens (including phenoxy) is 1. The Labute approximate surface area is 81.4 Å². The first-order valence-corrected chi connectivity index (χ1v) is 4.35. The molecule has 5 heteroatoms. The molecule has 0 aromatic heterocycles. The van der Waals surface area contributed by atoms with Gasteiger partial charge in [0.2, 0.25) is 0 Å². The Balaban J connectivity index is 3.54. The molecule has 0 bridgehead atoms. The van der Waals surface area contributed by atoms with Crippen LogP contribution >= 0.6 is 0 Å². The predicted octanol–water partition coefficient (Wildman–Crippen LogP) is 1.86. The molecule has 0 unspecified atom stereocenters. The summed E-state index contributed by atoms with van der Waals surface area (Å²) in [7, 11) is 0. The summed E-state index contributed by atoms with van der Waals surface area (Å²) in [5.74, 6) is -0.467. The first kappa shape index (κ1) is 13.0. The van der Waals surface area contributed by atoms with Gasteiger partial charge in [0, 0.05) is 6.42 Å². The minimum atomic E-state index is -1.69. The van der Waals surface area contributed by atoms with Crippen molar-refractivity contribution in [1.82, 2.24) is 0 Å². The van der Waals surface area contributed by atoms with Crippen LogP contribution in [0.25, 0.3) is 0 Å². The van der Waals surface area contributed by atoms with E-state index in [0.717, 1.165) is 0 Å². The van der Waals surface area contributed by atoms with Gasteiger partial charge in [-0.25, -0.2) is 0 Å². The molecule has 0 atom stereocenters. The fourth-order valence-electron chi connectivity index (χ4n) is 0.824. The second kappa shape index (κ2) is 7.44. The molecular weight excluding hydrogens is 194 g/mol. The van der Waals surface area contributed by atoms with Crippen molar-refractivity contribution in [3.05, 3.63) is 11.7 Å². The van der Waals surface area contributed by atoms with Gasteiger partial charge in [0.15, 0.2) is 0 Å². The number of carbonyl (C=O) groups excluding carboxylic acids is 1. The number of aliphatic hydroxyl groups excluding tert-OH is 1. The van der Waals surface area contributed by atoms with E-state index in [1.807, 2.05) is 0 Å². The van der Waals surface area contributed by atoms with Gasteiger partial charge in [-0.3, -0.25) is 4.79 Å². The van der Waals surface area contributed by atoms with E-state index in [-0.39, 0.29) is 31.6 Å². The van der Waals surface area contributed by atoms with E-state index >= 15 is 0 Å². The van der Waals surface area contributed by atoms with Crippen LogP contribution in [0.3, 0.4) is 0 Å². The van der Waals surface area contributed by atoms with Crippen molar-refractivity contribution in [2.75, 3.05) is 13.2 Å². The Kier molecular flexibility index (Phi) is 6.92. The molecule has 0 aliphatic carbocycles. The van der Waals surface area contributed by atoms with Gasteiger partial charge in [0.05, 0.1) is 6.61 Å². The Morgan fingerprint density at radius 1 is 1.36 bits per heavy atom. The Bertz CT molecular complexity index is 210. The molecule has 0 saturated heterocycles. The van der Waals surface area contributed by atoms with Crippen LogP contribution < -0.4 is 0 Å². The molecule has 82 valence electrons. The molecule has 0 aliphatic rings. The Morgan fingerprint density at radius 3 is 2.50 bits per heavy atom. The number of aliphatic hydroxyl groups is 1. The van der Waals surface area contributed by atoms with E-state index in [1.165, 1.54) is 6.92 Å². The van der Waals surface area contributed by atoms with Crippen LogP contribution in [0.5, 0.6) is 0 Å². The molecule has 0 aromatic carbocycles. The van der Waals surface area contributed by atoms with Crippen molar-refractivity contribution in [1.29, 1.82) is 0 Å². The zero-order chi connectivity index (χ0) is 11.0. The minimum Gasteiger partial charge on any atom is -0.463 e. The number of allylic oxidation sites excluding steroid dienone is 1. The van der Waals surface area contributed by atoms with Gasteiger partial charge in [0.1, 0.15) is 6.61 Å². The molecule has 0 heterocycles. The number of carbonyl (C=O) groups is 1. The molecule has 0 radical (unpaired) electrons. The highest BCUT2D eigenvalue weighted by atomic mass is 19.3. The highest BCUT2D eigenvalue weighted by Gasteiger charge is 2.04. The van der Waals surface area contributed by atoms with Crippen molar-refractivity contribution < 1.29 is 23.4 Å². The Hall–Kier alpha value is -0.970. The molecule has 3 nitrogen and oxygen atoms in total. The molecule has 14 heavy (non-hydrogen) atoms. The number of esters is 1. The number of hydrogen-bond donors (Lipinski definition) is 1. The maximum absolute atomic E-state index is 11.9. The summed E-state index contributed by atoms with van der Waals surface area (Å²) in [5.41, 5.74) is -0.0000387. The lowest BCUT2D eigenvalue weighted by molar-refractivity contribution is -0.144. The molecule has 0 spiro atoms. The molecule has 0 aliphatic heterocycles. The molecule has 0 fully saturated rings. The highest BCUT2D eigenvalue weighted by molar-refractivity contribution is 5.69. The van der Waals surface area contributed by atoms with Gasteiger partial charge >= 0.3 is 5.97 Å². The zero-order valence-corrected chi connectivity index (χ0v) is 8.06. The lowest BCUT2D eigenvalue weighted by Crippen LogP contribution is -2.07. The van der Waals surface area contributed by atoms with Crippen LogP contribution in [0, 0.1) is 0 Å². The maximum atomic E-state index is 11.9. The SMILES string of the molecule is CC(CCCC(=O)OCCO)=C(F)F. The smallest absolute Gasteiger partial charge is 0.305 e. The molecular formula is C9H14F2O3.